The predicted octanol–water partition coefficient (Wildman–Crippen LogP) is 2.31. The van der Waals surface area contributed by atoms with E-state index in [1.165, 1.54) is 0 Å². The number of hydroxylamine groups is 1. The van der Waals surface area contributed by atoms with Gasteiger partial charge in [0, 0.05) is 41.7 Å². The largest absolute Gasteiger partial charge is 0.338 e. The highest BCUT2D eigenvalue weighted by Crippen LogP contribution is 2.35. The van der Waals surface area contributed by atoms with Crippen LogP contribution in [0.1, 0.15) is 40.5 Å². The number of carbonyl (C=O) groups excluding carboxylic acids is 3. The molecule has 2 N–H and O–H groups in total. The van der Waals surface area contributed by atoms with Crippen LogP contribution in [-0.4, -0.2) is 56.4 Å². The molecule has 3 aromatic rings. The fourth-order valence-corrected chi connectivity index (χ4v) is 5.09. The summed E-state index contributed by atoms with van der Waals surface area (Å²) < 4.78 is 2.21. The fraction of sp³-hybridized carbons (Fsp3) is 0.320. The normalized spacial score (nSPS) is 17.8. The van der Waals surface area contributed by atoms with Crippen LogP contribution in [0.5, 0.6) is 0 Å². The van der Waals surface area contributed by atoms with Crippen LogP contribution in [0.15, 0.2) is 48.5 Å². The number of carbonyl (C=O) groups is 3. The van der Waals surface area contributed by atoms with Gasteiger partial charge in [0.15, 0.2) is 0 Å². The zero-order chi connectivity index (χ0) is 23.1. The first-order chi connectivity index (χ1) is 16.0. The molecule has 8 nitrogen and oxygen atoms in total. The summed E-state index contributed by atoms with van der Waals surface area (Å²) in [6, 6.07) is 14.7. The summed E-state index contributed by atoms with van der Waals surface area (Å²) in [6.45, 7) is 3.74. The van der Waals surface area contributed by atoms with E-state index in [1.807, 2.05) is 31.2 Å². The van der Waals surface area contributed by atoms with Gasteiger partial charge >= 0.3 is 0 Å². The lowest BCUT2D eigenvalue weighted by Gasteiger charge is -2.43. The van der Waals surface area contributed by atoms with Crippen LogP contribution in [0, 0.1) is 0 Å². The van der Waals surface area contributed by atoms with Crippen LogP contribution in [0.3, 0.4) is 0 Å². The minimum atomic E-state index is -0.554. The van der Waals surface area contributed by atoms with Crippen molar-refractivity contribution in [2.45, 2.75) is 38.9 Å². The molecule has 1 aromatic heterocycles. The molecule has 2 aromatic carbocycles. The summed E-state index contributed by atoms with van der Waals surface area (Å²) in [6.07, 6.45) is 1.35. The van der Waals surface area contributed by atoms with E-state index < -0.39 is 11.9 Å². The molecule has 0 bridgehead atoms. The predicted molar refractivity (Wildman–Crippen MR) is 122 cm³/mol. The van der Waals surface area contributed by atoms with E-state index in [0.717, 1.165) is 34.1 Å². The minimum absolute atomic E-state index is 0.00475. The number of benzene rings is 2. The third-order valence-corrected chi connectivity index (χ3v) is 6.68. The van der Waals surface area contributed by atoms with Crippen molar-refractivity contribution in [3.63, 3.8) is 0 Å². The Hall–Kier alpha value is -3.65. The van der Waals surface area contributed by atoms with Crippen molar-refractivity contribution < 1.29 is 19.6 Å². The van der Waals surface area contributed by atoms with Crippen molar-refractivity contribution in [2.24, 2.45) is 0 Å². The summed E-state index contributed by atoms with van der Waals surface area (Å²) in [7, 11) is 0. The number of fused-ring (bicyclic) bond motifs is 4. The second-order valence-electron chi connectivity index (χ2n) is 8.67. The number of nitrogens with one attached hydrogen (secondary N) is 1. The number of nitrogens with zero attached hydrogens (tertiary/aromatic N) is 3. The standard InChI is InChI=1S/C25H26N4O4/c1-2-11-27-15-23(30)29-14-22-19(12-21(29)25(27)32)18-5-3-4-6-20(18)28(22)13-16-7-9-17(10-8-16)24(31)26-33/h3-10,21,33H,2,11-15H2,1H3,(H,26,31). The number of rotatable bonds is 5. The molecule has 0 spiro atoms. The lowest BCUT2D eigenvalue weighted by atomic mass is 9.94. The average Bonchev–Trinajstić information content (AvgIpc) is 3.14. The third-order valence-electron chi connectivity index (χ3n) is 6.68. The van der Waals surface area contributed by atoms with Gasteiger partial charge in [-0.15, -0.1) is 0 Å². The van der Waals surface area contributed by atoms with Gasteiger partial charge in [-0.05, 0) is 35.7 Å². The molecule has 1 atom stereocenters. The smallest absolute Gasteiger partial charge is 0.274 e. The Labute approximate surface area is 191 Å². The first-order valence-electron chi connectivity index (χ1n) is 11.2. The molecular formula is C25H26N4O4. The summed E-state index contributed by atoms with van der Waals surface area (Å²) in [5, 5.41) is 9.94. The summed E-state index contributed by atoms with van der Waals surface area (Å²) >= 11 is 0. The molecule has 1 saturated heterocycles. The Bertz CT molecular complexity index is 1250. The third kappa shape index (κ3) is 3.56. The van der Waals surface area contributed by atoms with Crippen molar-refractivity contribution in [1.82, 2.24) is 19.8 Å². The van der Waals surface area contributed by atoms with Crippen molar-refractivity contribution >= 4 is 28.6 Å². The van der Waals surface area contributed by atoms with Crippen molar-refractivity contribution in [3.8, 4) is 0 Å². The molecule has 0 aliphatic carbocycles. The molecule has 170 valence electrons. The molecule has 1 fully saturated rings. The monoisotopic (exact) mass is 446 g/mol. The first kappa shape index (κ1) is 21.2. The van der Waals surface area contributed by atoms with E-state index in [1.54, 1.807) is 27.4 Å². The molecule has 2 aliphatic rings. The van der Waals surface area contributed by atoms with Crippen LogP contribution < -0.4 is 5.48 Å². The van der Waals surface area contributed by atoms with E-state index in [4.69, 9.17) is 5.21 Å². The van der Waals surface area contributed by atoms with Crippen LogP contribution in [0.25, 0.3) is 10.9 Å². The van der Waals surface area contributed by atoms with Gasteiger partial charge in [0.1, 0.15) is 6.04 Å². The maximum Gasteiger partial charge on any atom is 0.274 e. The van der Waals surface area contributed by atoms with Crippen LogP contribution in [-0.2, 0) is 29.1 Å². The molecule has 33 heavy (non-hydrogen) atoms. The summed E-state index contributed by atoms with van der Waals surface area (Å²) in [5.41, 5.74) is 6.25. The molecule has 5 rings (SSSR count). The quantitative estimate of drug-likeness (QED) is 0.465. The molecular weight excluding hydrogens is 420 g/mol. The Morgan fingerprint density at radius 3 is 2.58 bits per heavy atom. The van der Waals surface area contributed by atoms with Gasteiger partial charge in [0.2, 0.25) is 11.8 Å². The number of para-hydroxylation sites is 1. The lowest BCUT2D eigenvalue weighted by Crippen LogP contribution is -2.61. The maximum atomic E-state index is 13.1. The van der Waals surface area contributed by atoms with Crippen molar-refractivity contribution in [2.75, 3.05) is 13.1 Å². The van der Waals surface area contributed by atoms with E-state index >= 15 is 0 Å². The van der Waals surface area contributed by atoms with E-state index in [2.05, 4.69) is 16.7 Å². The maximum absolute atomic E-state index is 13.1. The molecule has 0 radical (unpaired) electrons. The highest BCUT2D eigenvalue weighted by Gasteiger charge is 2.43. The Balaban J connectivity index is 1.53. The summed E-state index contributed by atoms with van der Waals surface area (Å²) in [4.78, 5) is 41.1. The molecule has 8 heteroatoms. The molecule has 3 amide bonds. The fourth-order valence-electron chi connectivity index (χ4n) is 5.09. The van der Waals surface area contributed by atoms with Gasteiger partial charge in [-0.1, -0.05) is 37.3 Å². The number of piperazine rings is 1. The van der Waals surface area contributed by atoms with E-state index in [0.29, 0.717) is 31.6 Å². The van der Waals surface area contributed by atoms with Gasteiger partial charge in [-0.25, -0.2) is 5.48 Å². The number of amides is 3. The summed E-state index contributed by atoms with van der Waals surface area (Å²) in [5.74, 6) is -0.520. The van der Waals surface area contributed by atoms with Crippen LogP contribution >= 0.6 is 0 Å². The number of hydrogen-bond donors (Lipinski definition) is 2. The zero-order valence-corrected chi connectivity index (χ0v) is 18.5. The Morgan fingerprint density at radius 2 is 1.85 bits per heavy atom. The Morgan fingerprint density at radius 1 is 1.09 bits per heavy atom. The molecule has 1 unspecified atom stereocenters. The highest BCUT2D eigenvalue weighted by molar-refractivity contribution is 5.97. The van der Waals surface area contributed by atoms with Crippen molar-refractivity contribution in [1.29, 1.82) is 0 Å². The van der Waals surface area contributed by atoms with Gasteiger partial charge in [0.25, 0.3) is 5.91 Å². The molecule has 0 saturated carbocycles. The Kier molecular flexibility index (Phi) is 5.38. The second kappa shape index (κ2) is 8.37. The number of aromatic nitrogens is 1. The zero-order valence-electron chi connectivity index (χ0n) is 18.5. The second-order valence-corrected chi connectivity index (χ2v) is 8.67. The lowest BCUT2D eigenvalue weighted by molar-refractivity contribution is -0.157. The molecule has 2 aliphatic heterocycles. The van der Waals surface area contributed by atoms with Gasteiger partial charge < -0.3 is 14.4 Å². The molecule has 3 heterocycles. The van der Waals surface area contributed by atoms with Crippen molar-refractivity contribution in [3.05, 3.63) is 70.9 Å². The number of hydrogen-bond acceptors (Lipinski definition) is 4. The van der Waals surface area contributed by atoms with Gasteiger partial charge in [0.05, 0.1) is 13.1 Å². The van der Waals surface area contributed by atoms with Gasteiger partial charge in [-0.3, -0.25) is 19.6 Å². The topological polar surface area (TPSA) is 94.9 Å². The highest BCUT2D eigenvalue weighted by atomic mass is 16.5. The van der Waals surface area contributed by atoms with Crippen LogP contribution in [0.4, 0.5) is 0 Å². The SMILES string of the molecule is CCCN1CC(=O)N2Cc3c(c4ccccc4n3Cc3ccc(C(=O)NO)cc3)CC2C1=O. The van der Waals surface area contributed by atoms with E-state index in [-0.39, 0.29) is 18.4 Å². The average molecular weight is 447 g/mol. The van der Waals surface area contributed by atoms with Crippen LogP contribution in [0.2, 0.25) is 0 Å². The van der Waals surface area contributed by atoms with Gasteiger partial charge in [-0.2, -0.15) is 0 Å². The minimum Gasteiger partial charge on any atom is -0.338 e. The first-order valence-corrected chi connectivity index (χ1v) is 11.2. The van der Waals surface area contributed by atoms with E-state index in [9.17, 15) is 14.4 Å².